The van der Waals surface area contributed by atoms with E-state index in [0.29, 0.717) is 6.54 Å². The summed E-state index contributed by atoms with van der Waals surface area (Å²) in [5.74, 6) is 0. The van der Waals surface area contributed by atoms with Gasteiger partial charge in [0.15, 0.2) is 5.43 Å². The molecule has 0 bridgehead atoms. The van der Waals surface area contributed by atoms with E-state index in [9.17, 15) is 4.79 Å². The number of aromatic nitrogens is 1. The minimum Gasteiger partial charge on any atom is -0.358 e. The summed E-state index contributed by atoms with van der Waals surface area (Å²) in [5.41, 5.74) is 2.99. The van der Waals surface area contributed by atoms with Crippen molar-refractivity contribution in [2.45, 2.75) is 13.0 Å². The molecule has 75 valence electrons. The Bertz CT molecular complexity index is 571. The van der Waals surface area contributed by atoms with E-state index in [1.807, 2.05) is 24.3 Å². The molecule has 1 aromatic carbocycles. The number of para-hydroxylation sites is 1. The average molecular weight is 199 g/mol. The fraction of sp³-hybridized carbons (Fsp3) is 0.250. The number of nitrogens with zero attached hydrogens (tertiary/aromatic N) is 1. The smallest absolute Gasteiger partial charge is 0.194 e. The molecule has 3 heteroatoms. The van der Waals surface area contributed by atoms with Gasteiger partial charge in [-0.05, 0) is 12.1 Å². The third-order valence-electron chi connectivity index (χ3n) is 2.89. The van der Waals surface area contributed by atoms with Crippen LogP contribution in [0.2, 0.25) is 0 Å². The van der Waals surface area contributed by atoms with Crippen LogP contribution in [0.4, 0.5) is 0 Å². The fourth-order valence-electron chi connectivity index (χ4n) is 2.09. The van der Waals surface area contributed by atoms with Gasteiger partial charge in [0.25, 0.3) is 0 Å². The molecule has 0 atom stereocenters. The van der Waals surface area contributed by atoms with Gasteiger partial charge in [-0.25, -0.2) is 5.32 Å². The molecule has 0 saturated carbocycles. The van der Waals surface area contributed by atoms with E-state index in [4.69, 9.17) is 0 Å². The second-order valence-corrected chi connectivity index (χ2v) is 3.81. The van der Waals surface area contributed by atoms with Gasteiger partial charge in [-0.1, -0.05) is 12.1 Å². The Morgan fingerprint density at radius 1 is 1.27 bits per heavy atom. The van der Waals surface area contributed by atoms with Crippen molar-refractivity contribution in [3.8, 4) is 0 Å². The molecule has 3 rings (SSSR count). The second kappa shape index (κ2) is 3.21. The topological polar surface area (TPSA) is 47.0 Å². The number of nitrogens with one attached hydrogen (secondary N) is 1. The number of H-pyrrole nitrogens is 1. The largest absolute Gasteiger partial charge is 0.358 e. The second-order valence-electron chi connectivity index (χ2n) is 3.81. The first kappa shape index (κ1) is 8.68. The molecular formula is C12H11N2O. The lowest BCUT2D eigenvalue weighted by molar-refractivity contribution is 0.617. The van der Waals surface area contributed by atoms with Crippen molar-refractivity contribution in [3.05, 3.63) is 45.7 Å². The molecule has 1 aliphatic rings. The summed E-state index contributed by atoms with van der Waals surface area (Å²) >= 11 is 0. The van der Waals surface area contributed by atoms with E-state index in [2.05, 4.69) is 10.3 Å². The van der Waals surface area contributed by atoms with Gasteiger partial charge in [-0.2, -0.15) is 0 Å². The summed E-state index contributed by atoms with van der Waals surface area (Å²) in [5, 5.41) is 5.04. The van der Waals surface area contributed by atoms with Gasteiger partial charge in [0.05, 0.1) is 0 Å². The van der Waals surface area contributed by atoms with Gasteiger partial charge in [0.2, 0.25) is 0 Å². The van der Waals surface area contributed by atoms with Crippen LogP contribution in [0.3, 0.4) is 0 Å². The summed E-state index contributed by atoms with van der Waals surface area (Å²) in [7, 11) is 0. The van der Waals surface area contributed by atoms with Crippen molar-refractivity contribution in [1.82, 2.24) is 10.3 Å². The first-order chi connectivity index (χ1) is 7.36. The van der Waals surface area contributed by atoms with Gasteiger partial charge in [0, 0.05) is 41.7 Å². The van der Waals surface area contributed by atoms with Gasteiger partial charge in [-0.15, -0.1) is 0 Å². The Hall–Kier alpha value is -1.61. The predicted octanol–water partition coefficient (Wildman–Crippen LogP) is 1.19. The number of rotatable bonds is 0. The van der Waals surface area contributed by atoms with Gasteiger partial charge < -0.3 is 4.98 Å². The first-order valence-electron chi connectivity index (χ1n) is 5.12. The van der Waals surface area contributed by atoms with Crippen LogP contribution in [0.1, 0.15) is 11.3 Å². The highest BCUT2D eigenvalue weighted by Gasteiger charge is 2.15. The highest BCUT2D eigenvalue weighted by Crippen LogP contribution is 2.14. The highest BCUT2D eigenvalue weighted by atomic mass is 16.1. The van der Waals surface area contributed by atoms with E-state index >= 15 is 0 Å². The van der Waals surface area contributed by atoms with Crippen LogP contribution in [0.15, 0.2) is 29.1 Å². The molecule has 0 aliphatic carbocycles. The van der Waals surface area contributed by atoms with Gasteiger partial charge in [-0.3, -0.25) is 4.79 Å². The Morgan fingerprint density at radius 2 is 2.13 bits per heavy atom. The molecule has 0 fully saturated rings. The number of aromatic amines is 1. The maximum atomic E-state index is 12.1. The standard InChI is InChI=1S/C12H11N2O/c15-12-8-3-1-2-4-10(8)14-11-5-6-13-7-9(11)12/h1-4H,5-7H2,(H,14,15). The third-order valence-corrected chi connectivity index (χ3v) is 2.89. The van der Waals surface area contributed by atoms with Crippen LogP contribution in [-0.2, 0) is 13.0 Å². The maximum Gasteiger partial charge on any atom is 0.194 e. The minimum atomic E-state index is 0.141. The molecule has 0 amide bonds. The van der Waals surface area contributed by atoms with E-state index in [1.54, 1.807) is 0 Å². The normalized spacial score (nSPS) is 15.2. The average Bonchev–Trinajstić information content (AvgIpc) is 2.30. The zero-order valence-electron chi connectivity index (χ0n) is 8.29. The lowest BCUT2D eigenvalue weighted by Crippen LogP contribution is -2.26. The molecule has 0 unspecified atom stereocenters. The Labute approximate surface area is 87.1 Å². The summed E-state index contributed by atoms with van der Waals surface area (Å²) in [6, 6.07) is 7.65. The van der Waals surface area contributed by atoms with Crippen LogP contribution in [0.5, 0.6) is 0 Å². The Kier molecular flexibility index (Phi) is 1.86. The quantitative estimate of drug-likeness (QED) is 0.680. The van der Waals surface area contributed by atoms with Crippen LogP contribution in [0, 0.1) is 0 Å². The molecule has 1 aliphatic heterocycles. The van der Waals surface area contributed by atoms with Crippen LogP contribution in [0.25, 0.3) is 10.9 Å². The monoisotopic (exact) mass is 199 g/mol. The van der Waals surface area contributed by atoms with Crippen molar-refractivity contribution < 1.29 is 0 Å². The minimum absolute atomic E-state index is 0.141. The van der Waals surface area contributed by atoms with Crippen molar-refractivity contribution in [2.75, 3.05) is 6.54 Å². The SMILES string of the molecule is O=c1c2c([nH]c3ccccc13)CC[N]C2. The zero-order chi connectivity index (χ0) is 10.3. The molecule has 3 nitrogen and oxygen atoms in total. The van der Waals surface area contributed by atoms with E-state index in [1.165, 1.54) is 0 Å². The molecule has 1 N–H and O–H groups in total. The van der Waals surface area contributed by atoms with Crippen LogP contribution >= 0.6 is 0 Å². The van der Waals surface area contributed by atoms with Gasteiger partial charge in [0.1, 0.15) is 0 Å². The molecular weight excluding hydrogens is 188 g/mol. The van der Waals surface area contributed by atoms with Gasteiger partial charge >= 0.3 is 0 Å². The number of hydrogen-bond acceptors (Lipinski definition) is 1. The third kappa shape index (κ3) is 1.27. The summed E-state index contributed by atoms with van der Waals surface area (Å²) < 4.78 is 0. The zero-order valence-corrected chi connectivity index (χ0v) is 8.29. The lowest BCUT2D eigenvalue weighted by atomic mass is 10.0. The Balaban J connectivity index is 2.41. The number of benzene rings is 1. The molecule has 2 aromatic rings. The number of hydrogen-bond donors (Lipinski definition) is 1. The predicted molar refractivity (Wildman–Crippen MR) is 59.0 cm³/mol. The molecule has 15 heavy (non-hydrogen) atoms. The molecule has 2 heterocycles. The summed E-state index contributed by atoms with van der Waals surface area (Å²) in [6.07, 6.45) is 0.857. The summed E-state index contributed by atoms with van der Waals surface area (Å²) in [4.78, 5) is 15.4. The number of pyridine rings is 1. The fourth-order valence-corrected chi connectivity index (χ4v) is 2.09. The maximum absolute atomic E-state index is 12.1. The number of fused-ring (bicyclic) bond motifs is 2. The van der Waals surface area contributed by atoms with Crippen molar-refractivity contribution in [2.24, 2.45) is 0 Å². The summed E-state index contributed by atoms with van der Waals surface area (Å²) in [6.45, 7) is 1.39. The van der Waals surface area contributed by atoms with Crippen molar-refractivity contribution in [3.63, 3.8) is 0 Å². The first-order valence-corrected chi connectivity index (χ1v) is 5.12. The molecule has 0 spiro atoms. The van der Waals surface area contributed by atoms with E-state index < -0.39 is 0 Å². The molecule has 1 radical (unpaired) electrons. The van der Waals surface area contributed by atoms with E-state index in [0.717, 1.165) is 35.1 Å². The van der Waals surface area contributed by atoms with Crippen molar-refractivity contribution in [1.29, 1.82) is 0 Å². The van der Waals surface area contributed by atoms with E-state index in [-0.39, 0.29) is 5.43 Å². The lowest BCUT2D eigenvalue weighted by Gasteiger charge is -2.15. The molecule has 1 aromatic heterocycles. The van der Waals surface area contributed by atoms with Crippen LogP contribution < -0.4 is 10.7 Å². The van der Waals surface area contributed by atoms with Crippen LogP contribution in [-0.4, -0.2) is 11.5 Å². The Morgan fingerprint density at radius 3 is 3.07 bits per heavy atom. The van der Waals surface area contributed by atoms with Crippen molar-refractivity contribution >= 4 is 10.9 Å². The highest BCUT2D eigenvalue weighted by molar-refractivity contribution is 5.79. The molecule has 0 saturated heterocycles.